The first-order valence-corrected chi connectivity index (χ1v) is 8.25. The molecule has 0 saturated carbocycles. The maximum Gasteiger partial charge on any atom is 0.338 e. The maximum absolute atomic E-state index is 12.1. The molecule has 3 nitrogen and oxygen atoms in total. The SMILES string of the molecule is Cc1ccc(-c2nc(COC(=O)c3ccccc3C)cs2)cc1. The minimum Gasteiger partial charge on any atom is -0.456 e. The molecule has 3 aromatic rings. The normalized spacial score (nSPS) is 10.5. The van der Waals surface area contributed by atoms with Crippen LogP contribution in [0, 0.1) is 13.8 Å². The Labute approximate surface area is 139 Å². The van der Waals surface area contributed by atoms with Crippen molar-refractivity contribution >= 4 is 17.3 Å². The Balaban J connectivity index is 1.67. The van der Waals surface area contributed by atoms with Gasteiger partial charge in [-0.2, -0.15) is 0 Å². The monoisotopic (exact) mass is 323 g/mol. The van der Waals surface area contributed by atoms with Gasteiger partial charge in [0.15, 0.2) is 0 Å². The number of aromatic nitrogens is 1. The number of ether oxygens (including phenoxy) is 1. The van der Waals surface area contributed by atoms with Gasteiger partial charge < -0.3 is 4.74 Å². The van der Waals surface area contributed by atoms with E-state index in [1.807, 2.05) is 30.5 Å². The Bertz CT molecular complexity index is 821. The number of rotatable bonds is 4. The molecule has 3 rings (SSSR count). The molecule has 0 unspecified atom stereocenters. The molecule has 0 N–H and O–H groups in total. The standard InChI is InChI=1S/C19H17NO2S/c1-13-7-9-15(10-8-13)18-20-16(12-23-18)11-22-19(21)17-6-4-3-5-14(17)2/h3-10,12H,11H2,1-2H3. The molecular weight excluding hydrogens is 306 g/mol. The Morgan fingerprint density at radius 1 is 1.09 bits per heavy atom. The van der Waals surface area contributed by atoms with Crippen LogP contribution in [0.25, 0.3) is 10.6 Å². The fourth-order valence-electron chi connectivity index (χ4n) is 2.22. The van der Waals surface area contributed by atoms with Crippen molar-refractivity contribution in [1.82, 2.24) is 4.98 Å². The highest BCUT2D eigenvalue weighted by Gasteiger charge is 2.11. The van der Waals surface area contributed by atoms with Gasteiger partial charge in [0.1, 0.15) is 11.6 Å². The molecule has 23 heavy (non-hydrogen) atoms. The van der Waals surface area contributed by atoms with Gasteiger partial charge in [0.05, 0.1) is 11.3 Å². The van der Waals surface area contributed by atoms with Gasteiger partial charge >= 0.3 is 5.97 Å². The Morgan fingerprint density at radius 3 is 2.57 bits per heavy atom. The van der Waals surface area contributed by atoms with Crippen LogP contribution in [0.2, 0.25) is 0 Å². The van der Waals surface area contributed by atoms with Crippen LogP contribution in [-0.4, -0.2) is 11.0 Å². The third kappa shape index (κ3) is 3.66. The van der Waals surface area contributed by atoms with E-state index in [-0.39, 0.29) is 12.6 Å². The zero-order valence-corrected chi connectivity index (χ0v) is 13.9. The van der Waals surface area contributed by atoms with Crippen molar-refractivity contribution in [2.45, 2.75) is 20.5 Å². The summed E-state index contributed by atoms with van der Waals surface area (Å²) in [4.78, 5) is 16.6. The van der Waals surface area contributed by atoms with Crippen molar-refractivity contribution in [3.63, 3.8) is 0 Å². The minimum atomic E-state index is -0.312. The third-order valence-corrected chi connectivity index (χ3v) is 4.51. The summed E-state index contributed by atoms with van der Waals surface area (Å²) in [6, 6.07) is 15.6. The van der Waals surface area contributed by atoms with Gasteiger partial charge in [-0.25, -0.2) is 9.78 Å². The van der Waals surface area contributed by atoms with E-state index in [2.05, 4.69) is 36.2 Å². The average molecular weight is 323 g/mol. The summed E-state index contributed by atoms with van der Waals surface area (Å²) in [6.45, 7) is 4.15. The van der Waals surface area contributed by atoms with Gasteiger partial charge in [-0.15, -0.1) is 11.3 Å². The zero-order chi connectivity index (χ0) is 16.2. The average Bonchev–Trinajstić information content (AvgIpc) is 3.03. The van der Waals surface area contributed by atoms with E-state index in [0.29, 0.717) is 5.56 Å². The Morgan fingerprint density at radius 2 is 1.83 bits per heavy atom. The van der Waals surface area contributed by atoms with Gasteiger partial charge in [0, 0.05) is 10.9 Å². The van der Waals surface area contributed by atoms with Gasteiger partial charge in [-0.05, 0) is 25.5 Å². The molecular formula is C19H17NO2S. The lowest BCUT2D eigenvalue weighted by Gasteiger charge is -2.05. The number of esters is 1. The molecule has 1 heterocycles. The second-order valence-corrected chi connectivity index (χ2v) is 6.26. The fourth-order valence-corrected chi connectivity index (χ4v) is 3.03. The van der Waals surface area contributed by atoms with Gasteiger partial charge in [-0.1, -0.05) is 48.0 Å². The third-order valence-electron chi connectivity index (χ3n) is 3.57. The molecule has 2 aromatic carbocycles. The van der Waals surface area contributed by atoms with Crippen LogP contribution in [0.1, 0.15) is 27.2 Å². The van der Waals surface area contributed by atoms with E-state index < -0.39 is 0 Å². The largest absolute Gasteiger partial charge is 0.456 e. The molecule has 0 saturated heterocycles. The second kappa shape index (κ2) is 6.75. The molecule has 0 bridgehead atoms. The summed E-state index contributed by atoms with van der Waals surface area (Å²) in [5.74, 6) is -0.312. The molecule has 0 aliphatic rings. The van der Waals surface area contributed by atoms with E-state index in [0.717, 1.165) is 21.8 Å². The number of nitrogens with zero attached hydrogens (tertiary/aromatic N) is 1. The van der Waals surface area contributed by atoms with E-state index in [9.17, 15) is 4.79 Å². The van der Waals surface area contributed by atoms with Gasteiger partial charge in [-0.3, -0.25) is 0 Å². The number of carbonyl (C=O) groups excluding carboxylic acids is 1. The Kier molecular flexibility index (Phi) is 4.53. The zero-order valence-electron chi connectivity index (χ0n) is 13.1. The molecule has 0 atom stereocenters. The van der Waals surface area contributed by atoms with Crippen LogP contribution in [0.3, 0.4) is 0 Å². The van der Waals surface area contributed by atoms with Crippen molar-refractivity contribution in [3.05, 3.63) is 76.3 Å². The highest BCUT2D eigenvalue weighted by molar-refractivity contribution is 7.13. The predicted molar refractivity (Wildman–Crippen MR) is 92.6 cm³/mol. The van der Waals surface area contributed by atoms with Crippen molar-refractivity contribution in [3.8, 4) is 10.6 Å². The summed E-state index contributed by atoms with van der Waals surface area (Å²) in [5, 5.41) is 2.87. The van der Waals surface area contributed by atoms with Crippen LogP contribution in [0.4, 0.5) is 0 Å². The second-order valence-electron chi connectivity index (χ2n) is 5.40. The first-order chi connectivity index (χ1) is 11.1. The molecule has 0 fully saturated rings. The Hall–Kier alpha value is -2.46. The number of benzene rings is 2. The summed E-state index contributed by atoms with van der Waals surface area (Å²) in [7, 11) is 0. The lowest BCUT2D eigenvalue weighted by Crippen LogP contribution is -2.07. The number of thiazole rings is 1. The van der Waals surface area contributed by atoms with E-state index in [1.165, 1.54) is 5.56 Å². The van der Waals surface area contributed by atoms with Crippen LogP contribution in [0.15, 0.2) is 53.9 Å². The topological polar surface area (TPSA) is 39.2 Å². The minimum absolute atomic E-state index is 0.190. The number of hydrogen-bond acceptors (Lipinski definition) is 4. The quantitative estimate of drug-likeness (QED) is 0.648. The van der Waals surface area contributed by atoms with E-state index in [1.54, 1.807) is 17.4 Å². The molecule has 0 radical (unpaired) electrons. The fraction of sp³-hybridized carbons (Fsp3) is 0.158. The lowest BCUT2D eigenvalue weighted by atomic mass is 10.1. The molecule has 116 valence electrons. The number of hydrogen-bond donors (Lipinski definition) is 0. The van der Waals surface area contributed by atoms with Crippen molar-refractivity contribution < 1.29 is 9.53 Å². The molecule has 0 amide bonds. The van der Waals surface area contributed by atoms with Crippen LogP contribution >= 0.6 is 11.3 Å². The molecule has 0 aliphatic heterocycles. The van der Waals surface area contributed by atoms with E-state index >= 15 is 0 Å². The van der Waals surface area contributed by atoms with Crippen molar-refractivity contribution in [1.29, 1.82) is 0 Å². The highest BCUT2D eigenvalue weighted by atomic mass is 32.1. The summed E-state index contributed by atoms with van der Waals surface area (Å²) >= 11 is 1.56. The smallest absolute Gasteiger partial charge is 0.338 e. The molecule has 4 heteroatoms. The van der Waals surface area contributed by atoms with Gasteiger partial charge in [0.25, 0.3) is 0 Å². The maximum atomic E-state index is 12.1. The molecule has 1 aromatic heterocycles. The highest BCUT2D eigenvalue weighted by Crippen LogP contribution is 2.24. The predicted octanol–water partition coefficient (Wildman–Crippen LogP) is 4.78. The number of aryl methyl sites for hydroxylation is 2. The first kappa shape index (κ1) is 15.4. The number of carbonyl (C=O) groups is 1. The summed E-state index contributed by atoms with van der Waals surface area (Å²) in [6.07, 6.45) is 0. The van der Waals surface area contributed by atoms with Crippen LogP contribution in [0.5, 0.6) is 0 Å². The van der Waals surface area contributed by atoms with Crippen LogP contribution < -0.4 is 0 Å². The molecule has 0 spiro atoms. The summed E-state index contributed by atoms with van der Waals surface area (Å²) < 4.78 is 5.37. The van der Waals surface area contributed by atoms with Crippen molar-refractivity contribution in [2.75, 3.05) is 0 Å². The van der Waals surface area contributed by atoms with Crippen molar-refractivity contribution in [2.24, 2.45) is 0 Å². The first-order valence-electron chi connectivity index (χ1n) is 7.37. The van der Waals surface area contributed by atoms with Crippen LogP contribution in [-0.2, 0) is 11.3 Å². The summed E-state index contributed by atoms with van der Waals surface area (Å²) in [5.41, 5.74) is 4.58. The van der Waals surface area contributed by atoms with Gasteiger partial charge in [0.2, 0.25) is 0 Å². The molecule has 0 aliphatic carbocycles. The van der Waals surface area contributed by atoms with E-state index in [4.69, 9.17) is 4.74 Å². The lowest BCUT2D eigenvalue weighted by molar-refractivity contribution is 0.0467.